The van der Waals surface area contributed by atoms with Gasteiger partial charge in [0.15, 0.2) is 5.03 Å². The lowest BCUT2D eigenvalue weighted by atomic mass is 10.3. The first kappa shape index (κ1) is 12.6. The van der Waals surface area contributed by atoms with Crippen molar-refractivity contribution in [3.8, 4) is 0 Å². The second-order valence-electron chi connectivity index (χ2n) is 2.49. The summed E-state index contributed by atoms with van der Waals surface area (Å²) in [7, 11) is 0.895. The number of alkyl halides is 2. The van der Waals surface area contributed by atoms with Crippen molar-refractivity contribution in [2.24, 2.45) is 0 Å². The topological polar surface area (TPSA) is 73.0 Å². The van der Waals surface area contributed by atoms with E-state index in [1.165, 1.54) is 0 Å². The van der Waals surface area contributed by atoms with E-state index in [0.29, 0.717) is 0 Å². The van der Waals surface area contributed by atoms with Gasteiger partial charge in [0, 0.05) is 10.7 Å². The average molecular weight is 322 g/mol. The SMILES string of the molecule is Nc1nc(S(=O)(=O)Cl)c(Br)cc1C(F)F. The smallest absolute Gasteiger partial charge is 0.279 e. The number of nitrogen functional groups attached to an aromatic ring is 1. The van der Waals surface area contributed by atoms with Gasteiger partial charge in [0.25, 0.3) is 15.5 Å². The van der Waals surface area contributed by atoms with Gasteiger partial charge in [0.05, 0.1) is 10.0 Å². The normalized spacial score (nSPS) is 12.1. The molecule has 0 aliphatic heterocycles. The Kier molecular flexibility index (Phi) is 3.51. The van der Waals surface area contributed by atoms with E-state index in [-0.39, 0.29) is 4.47 Å². The zero-order valence-corrected chi connectivity index (χ0v) is 10.1. The van der Waals surface area contributed by atoms with Gasteiger partial charge in [-0.1, -0.05) is 0 Å². The lowest BCUT2D eigenvalue weighted by Crippen LogP contribution is -2.04. The van der Waals surface area contributed by atoms with Gasteiger partial charge in [-0.15, -0.1) is 0 Å². The van der Waals surface area contributed by atoms with Crippen LogP contribution in [-0.2, 0) is 9.05 Å². The number of halogens is 4. The van der Waals surface area contributed by atoms with Crippen molar-refractivity contribution in [3.63, 3.8) is 0 Å². The summed E-state index contributed by atoms with van der Waals surface area (Å²) >= 11 is 2.77. The highest BCUT2D eigenvalue weighted by Gasteiger charge is 2.22. The molecule has 0 spiro atoms. The second kappa shape index (κ2) is 4.18. The number of hydrogen-bond donors (Lipinski definition) is 1. The molecule has 0 atom stereocenters. The van der Waals surface area contributed by atoms with Crippen LogP contribution in [0.5, 0.6) is 0 Å². The lowest BCUT2D eigenvalue weighted by Gasteiger charge is -2.06. The Bertz CT molecular complexity index is 494. The van der Waals surface area contributed by atoms with E-state index in [4.69, 9.17) is 16.4 Å². The molecule has 0 radical (unpaired) electrons. The van der Waals surface area contributed by atoms with E-state index in [1.807, 2.05) is 0 Å². The van der Waals surface area contributed by atoms with Crippen molar-refractivity contribution in [1.82, 2.24) is 4.98 Å². The fourth-order valence-corrected chi connectivity index (χ4v) is 2.95. The molecule has 0 aromatic carbocycles. The van der Waals surface area contributed by atoms with E-state index >= 15 is 0 Å². The van der Waals surface area contributed by atoms with Crippen LogP contribution in [0.2, 0.25) is 0 Å². The van der Waals surface area contributed by atoms with Crippen LogP contribution in [0.25, 0.3) is 0 Å². The van der Waals surface area contributed by atoms with Crippen LogP contribution in [0.1, 0.15) is 12.0 Å². The molecule has 0 aliphatic carbocycles. The fraction of sp³-hybridized carbons (Fsp3) is 0.167. The van der Waals surface area contributed by atoms with E-state index in [2.05, 4.69) is 20.9 Å². The third-order valence-electron chi connectivity index (χ3n) is 1.47. The summed E-state index contributed by atoms with van der Waals surface area (Å²) in [5.74, 6) is -0.563. The number of nitrogens with zero attached hydrogens (tertiary/aromatic N) is 1. The molecule has 1 heterocycles. The van der Waals surface area contributed by atoms with Crippen LogP contribution in [0.3, 0.4) is 0 Å². The molecule has 0 fully saturated rings. The minimum absolute atomic E-state index is 0.151. The Labute approximate surface area is 97.0 Å². The van der Waals surface area contributed by atoms with Crippen molar-refractivity contribution >= 4 is 41.5 Å². The minimum Gasteiger partial charge on any atom is -0.383 e. The summed E-state index contributed by atoms with van der Waals surface area (Å²) < 4.78 is 46.3. The Morgan fingerprint density at radius 2 is 2.07 bits per heavy atom. The number of rotatable bonds is 2. The standard InChI is InChI=1S/C6H4BrClF2N2O2S/c7-3-1-2(4(9)10)5(11)12-6(3)15(8,13)14/h1,4H,(H2,11,12). The molecule has 84 valence electrons. The summed E-state index contributed by atoms with van der Waals surface area (Å²) in [5.41, 5.74) is 4.60. The zero-order chi connectivity index (χ0) is 11.8. The van der Waals surface area contributed by atoms with Crippen LogP contribution in [-0.4, -0.2) is 13.4 Å². The summed E-state index contributed by atoms with van der Waals surface area (Å²) in [6.45, 7) is 0. The van der Waals surface area contributed by atoms with E-state index in [1.54, 1.807) is 0 Å². The van der Waals surface area contributed by atoms with E-state index < -0.39 is 31.9 Å². The van der Waals surface area contributed by atoms with E-state index in [0.717, 1.165) is 6.07 Å². The maximum absolute atomic E-state index is 12.3. The largest absolute Gasteiger partial charge is 0.383 e. The lowest BCUT2D eigenvalue weighted by molar-refractivity contribution is 0.151. The van der Waals surface area contributed by atoms with Gasteiger partial charge >= 0.3 is 0 Å². The Morgan fingerprint density at radius 3 is 2.47 bits per heavy atom. The Hall–Kier alpha value is -0.470. The fourth-order valence-electron chi connectivity index (χ4n) is 0.845. The van der Waals surface area contributed by atoms with E-state index in [9.17, 15) is 17.2 Å². The molecule has 0 saturated carbocycles. The average Bonchev–Trinajstić information content (AvgIpc) is 2.06. The monoisotopic (exact) mass is 320 g/mol. The summed E-state index contributed by atoms with van der Waals surface area (Å²) in [6.07, 6.45) is -2.83. The molecule has 1 aromatic heterocycles. The quantitative estimate of drug-likeness (QED) is 0.848. The highest BCUT2D eigenvalue weighted by Crippen LogP contribution is 2.31. The number of nitrogens with two attached hydrogens (primary N) is 1. The summed E-state index contributed by atoms with van der Waals surface area (Å²) in [4.78, 5) is 3.30. The Balaban J connectivity index is 3.46. The molecule has 4 nitrogen and oxygen atoms in total. The van der Waals surface area contributed by atoms with Crippen LogP contribution >= 0.6 is 26.6 Å². The Morgan fingerprint density at radius 1 is 1.53 bits per heavy atom. The first-order valence-electron chi connectivity index (χ1n) is 3.42. The molecule has 0 unspecified atom stereocenters. The predicted octanol–water partition coefficient (Wildman–Crippen LogP) is 2.29. The van der Waals surface area contributed by atoms with Crippen molar-refractivity contribution in [3.05, 3.63) is 16.1 Å². The third kappa shape index (κ3) is 2.76. The molecule has 9 heteroatoms. The number of aromatic nitrogens is 1. The third-order valence-corrected chi connectivity index (χ3v) is 3.55. The number of anilines is 1. The van der Waals surface area contributed by atoms with Gasteiger partial charge in [-0.05, 0) is 22.0 Å². The minimum atomic E-state index is -4.11. The van der Waals surface area contributed by atoms with Gasteiger partial charge < -0.3 is 5.73 Å². The molecular weight excluding hydrogens is 317 g/mol. The highest BCUT2D eigenvalue weighted by atomic mass is 79.9. The summed E-state index contributed by atoms with van der Waals surface area (Å²) in [6, 6.07) is 0.877. The van der Waals surface area contributed by atoms with Crippen molar-refractivity contribution in [2.45, 2.75) is 11.5 Å². The first-order chi connectivity index (χ1) is 6.73. The maximum atomic E-state index is 12.3. The van der Waals surface area contributed by atoms with Gasteiger partial charge in [-0.2, -0.15) is 0 Å². The molecule has 0 amide bonds. The van der Waals surface area contributed by atoms with Gasteiger partial charge in [0.1, 0.15) is 5.82 Å². The van der Waals surface area contributed by atoms with Crippen LogP contribution in [0.4, 0.5) is 14.6 Å². The van der Waals surface area contributed by atoms with Crippen molar-refractivity contribution in [1.29, 1.82) is 0 Å². The van der Waals surface area contributed by atoms with Crippen LogP contribution < -0.4 is 5.73 Å². The van der Waals surface area contributed by atoms with Crippen molar-refractivity contribution in [2.75, 3.05) is 5.73 Å². The first-order valence-corrected chi connectivity index (χ1v) is 6.52. The molecular formula is C6H4BrClF2N2O2S. The predicted molar refractivity (Wildman–Crippen MR) is 54.3 cm³/mol. The molecule has 1 aromatic rings. The van der Waals surface area contributed by atoms with Crippen molar-refractivity contribution < 1.29 is 17.2 Å². The molecule has 1 rings (SSSR count). The molecule has 15 heavy (non-hydrogen) atoms. The molecule has 0 saturated heterocycles. The zero-order valence-electron chi connectivity index (χ0n) is 6.92. The van der Waals surface area contributed by atoms with Crippen LogP contribution in [0.15, 0.2) is 15.6 Å². The maximum Gasteiger partial charge on any atom is 0.279 e. The highest BCUT2D eigenvalue weighted by molar-refractivity contribution is 9.10. The molecule has 0 aliphatic rings. The summed E-state index contributed by atoms with van der Waals surface area (Å²) in [5, 5.41) is -0.578. The number of hydrogen-bond acceptors (Lipinski definition) is 4. The van der Waals surface area contributed by atoms with Gasteiger partial charge in [-0.25, -0.2) is 22.2 Å². The van der Waals surface area contributed by atoms with Crippen LogP contribution in [0, 0.1) is 0 Å². The molecule has 0 bridgehead atoms. The molecule has 2 N–H and O–H groups in total. The second-order valence-corrected chi connectivity index (χ2v) is 5.82. The number of pyridine rings is 1. The van der Waals surface area contributed by atoms with Gasteiger partial charge in [0.2, 0.25) is 0 Å². The van der Waals surface area contributed by atoms with Gasteiger partial charge in [-0.3, -0.25) is 0 Å².